The van der Waals surface area contributed by atoms with E-state index in [2.05, 4.69) is 37.2 Å². The number of aliphatic carboxylic acids is 6. The van der Waals surface area contributed by atoms with Crippen LogP contribution in [0.5, 0.6) is 0 Å². The lowest BCUT2D eigenvalue weighted by molar-refractivity contribution is -0.141. The Morgan fingerprint density at radius 3 is 1.47 bits per heavy atom. The van der Waals surface area contributed by atoms with E-state index in [1.165, 1.54) is 0 Å². The number of urea groups is 1. The van der Waals surface area contributed by atoms with Crippen molar-refractivity contribution in [2.45, 2.75) is 76.5 Å². The summed E-state index contributed by atoms with van der Waals surface area (Å²) in [5.41, 5.74) is 1.94. The normalized spacial score (nSPS) is 15.0. The number of hydrogen-bond donors (Lipinski definition) is 10. The van der Waals surface area contributed by atoms with E-state index in [1.807, 2.05) is 29.2 Å². The summed E-state index contributed by atoms with van der Waals surface area (Å²) in [6.45, 7) is 2.18. The Morgan fingerprint density at radius 1 is 0.527 bits per heavy atom. The predicted molar refractivity (Wildman–Crippen MR) is 268 cm³/mol. The Kier molecular flexibility index (Phi) is 27.6. The van der Waals surface area contributed by atoms with E-state index in [0.717, 1.165) is 10.0 Å². The summed E-state index contributed by atoms with van der Waals surface area (Å²) in [4.78, 5) is 129. The van der Waals surface area contributed by atoms with E-state index in [9.17, 15) is 73.5 Å². The standard InChI is InChI=1S/C48H68BrN9O16/c49-36-13-9-34(10-14-36)28-58(18-4-2-5-37(46(70)71)52-48(74)53-38(47(72)73)15-16-41(61)62)40(60)6-1-3-17-50-45(69)35-11-7-33(8-12-35)27-51-39(59)29-54-19-21-55(30-42(63)64)23-25-57(32-44(67)68)26-24-56(22-20-54)31-43(65)66/h7-14,37-38H,1-6,15-32H2,(H,50,69)(H,51,59)(H,61,62)(H,63,64)(H,65,66)(H,67,68)(H,70,71)(H,72,73)(H2,52,53,74)/t37-,38-/m1/s1. The molecule has 0 aromatic heterocycles. The van der Waals surface area contributed by atoms with Crippen LogP contribution in [0.2, 0.25) is 0 Å². The second-order valence-electron chi connectivity index (χ2n) is 17.7. The minimum Gasteiger partial charge on any atom is -0.481 e. The number of nitrogens with zero attached hydrogens (tertiary/aromatic N) is 5. The van der Waals surface area contributed by atoms with Gasteiger partial charge in [-0.3, -0.25) is 53.2 Å². The highest BCUT2D eigenvalue weighted by molar-refractivity contribution is 9.10. The van der Waals surface area contributed by atoms with Gasteiger partial charge in [-0.1, -0.05) is 40.2 Å². The lowest BCUT2D eigenvalue weighted by atomic mass is 10.1. The third kappa shape index (κ3) is 25.8. The van der Waals surface area contributed by atoms with Gasteiger partial charge in [0, 0.05) is 101 Å². The number of hydrogen-bond acceptors (Lipinski definition) is 14. The fraction of sp³-hybridized carbons (Fsp3) is 0.542. The highest BCUT2D eigenvalue weighted by Gasteiger charge is 2.26. The molecule has 1 saturated heterocycles. The molecule has 1 aliphatic rings. The highest BCUT2D eigenvalue weighted by atomic mass is 79.9. The number of halogens is 1. The Bertz CT molecular complexity index is 2170. The van der Waals surface area contributed by atoms with Crippen molar-refractivity contribution in [3.05, 3.63) is 69.7 Å². The maximum atomic E-state index is 13.5. The third-order valence-electron chi connectivity index (χ3n) is 11.8. The first kappa shape index (κ1) is 61.6. The zero-order valence-electron chi connectivity index (χ0n) is 41.1. The molecule has 10 N–H and O–H groups in total. The van der Waals surface area contributed by atoms with Gasteiger partial charge in [0.1, 0.15) is 12.1 Å². The zero-order valence-corrected chi connectivity index (χ0v) is 42.7. The number of carboxylic acid groups (broad SMARTS) is 6. The fourth-order valence-electron chi connectivity index (χ4n) is 7.78. The Balaban J connectivity index is 1.48. The Morgan fingerprint density at radius 2 is 1.00 bits per heavy atom. The van der Waals surface area contributed by atoms with Crippen LogP contribution in [0.4, 0.5) is 4.79 Å². The number of carbonyl (C=O) groups excluding carboxylic acids is 4. The van der Waals surface area contributed by atoms with E-state index in [4.69, 9.17) is 5.11 Å². The smallest absolute Gasteiger partial charge is 0.326 e. The van der Waals surface area contributed by atoms with Gasteiger partial charge in [0.2, 0.25) is 11.8 Å². The SMILES string of the molecule is O=C(O)CC[C@@H](NC(=O)N[C@H](CCCCN(Cc1ccc(Br)cc1)C(=O)CCCCNC(=O)c1ccc(CNC(=O)CN2CCN(CC(=O)O)CCN(CC(=O)O)CCN(CC(=O)O)CC2)cc1)C(=O)O)C(=O)O. The van der Waals surface area contributed by atoms with Gasteiger partial charge in [0.05, 0.1) is 26.2 Å². The van der Waals surface area contributed by atoms with Crippen LogP contribution in [0.1, 0.15) is 72.9 Å². The fourth-order valence-corrected chi connectivity index (χ4v) is 8.04. The van der Waals surface area contributed by atoms with Crippen LogP contribution in [-0.2, 0) is 51.4 Å². The molecule has 1 aliphatic heterocycles. The summed E-state index contributed by atoms with van der Waals surface area (Å²) in [5, 5.41) is 66.2. The lowest BCUT2D eigenvalue weighted by Crippen LogP contribution is -2.51. The highest BCUT2D eigenvalue weighted by Crippen LogP contribution is 2.15. The van der Waals surface area contributed by atoms with Gasteiger partial charge >= 0.3 is 41.8 Å². The van der Waals surface area contributed by atoms with Gasteiger partial charge in [-0.15, -0.1) is 0 Å². The molecule has 5 amide bonds. The molecule has 1 heterocycles. The van der Waals surface area contributed by atoms with Crippen LogP contribution in [-0.4, -0.2) is 218 Å². The average Bonchev–Trinajstić information content (AvgIpc) is 3.33. The topological polar surface area (TPSA) is 356 Å². The molecule has 0 radical (unpaired) electrons. The Hall–Kier alpha value is -6.74. The number of nitrogens with one attached hydrogen (secondary N) is 4. The van der Waals surface area contributed by atoms with Gasteiger partial charge in [0.15, 0.2) is 0 Å². The van der Waals surface area contributed by atoms with Crippen LogP contribution in [0, 0.1) is 0 Å². The van der Waals surface area contributed by atoms with Crippen molar-refractivity contribution in [3.63, 3.8) is 0 Å². The summed E-state index contributed by atoms with van der Waals surface area (Å²) in [7, 11) is 0. The van der Waals surface area contributed by atoms with E-state index >= 15 is 0 Å². The maximum absolute atomic E-state index is 13.5. The molecule has 74 heavy (non-hydrogen) atoms. The van der Waals surface area contributed by atoms with Crippen LogP contribution >= 0.6 is 15.9 Å². The number of rotatable bonds is 30. The minimum absolute atomic E-state index is 0.0339. The van der Waals surface area contributed by atoms with E-state index in [-0.39, 0.29) is 142 Å². The van der Waals surface area contributed by atoms with Crippen molar-refractivity contribution >= 4 is 75.5 Å². The number of benzene rings is 2. The molecule has 0 saturated carbocycles. The molecule has 26 heteroatoms. The first-order valence-corrected chi connectivity index (χ1v) is 24.9. The molecule has 0 spiro atoms. The maximum Gasteiger partial charge on any atom is 0.326 e. The van der Waals surface area contributed by atoms with Crippen molar-refractivity contribution in [3.8, 4) is 0 Å². The van der Waals surface area contributed by atoms with E-state index < -0.39 is 66.8 Å². The van der Waals surface area contributed by atoms with E-state index in [1.54, 1.807) is 43.9 Å². The molecule has 2 atom stereocenters. The third-order valence-corrected chi connectivity index (χ3v) is 12.4. The zero-order chi connectivity index (χ0) is 54.6. The van der Waals surface area contributed by atoms with Crippen molar-refractivity contribution < 1.29 is 78.6 Å². The summed E-state index contributed by atoms with van der Waals surface area (Å²) >= 11 is 3.40. The molecule has 25 nitrogen and oxygen atoms in total. The summed E-state index contributed by atoms with van der Waals surface area (Å²) in [6.07, 6.45) is 0.794. The van der Waals surface area contributed by atoms with Gasteiger partial charge in [-0.05, 0) is 73.9 Å². The minimum atomic E-state index is -1.54. The molecule has 0 bridgehead atoms. The van der Waals surface area contributed by atoms with Crippen molar-refractivity contribution in [2.75, 3.05) is 91.6 Å². The van der Waals surface area contributed by atoms with Crippen LogP contribution < -0.4 is 21.3 Å². The lowest BCUT2D eigenvalue weighted by Gasteiger charge is -2.32. The average molecular weight is 1110 g/mol. The van der Waals surface area contributed by atoms with Crippen LogP contribution in [0.25, 0.3) is 0 Å². The first-order chi connectivity index (χ1) is 35.2. The molecule has 2 aromatic rings. The molecule has 1 fully saturated rings. The molecule has 2 aromatic carbocycles. The first-order valence-electron chi connectivity index (χ1n) is 24.1. The van der Waals surface area contributed by atoms with Crippen LogP contribution in [0.3, 0.4) is 0 Å². The molecule has 0 aliphatic carbocycles. The van der Waals surface area contributed by atoms with Gasteiger partial charge < -0.3 is 56.8 Å². The van der Waals surface area contributed by atoms with Gasteiger partial charge in [0.25, 0.3) is 5.91 Å². The molecule has 3 rings (SSSR count). The monoisotopic (exact) mass is 1110 g/mol. The second-order valence-corrected chi connectivity index (χ2v) is 18.7. The van der Waals surface area contributed by atoms with Crippen LogP contribution in [0.15, 0.2) is 53.0 Å². The summed E-state index contributed by atoms with van der Waals surface area (Å²) in [5.74, 6) is -8.08. The largest absolute Gasteiger partial charge is 0.481 e. The predicted octanol–water partition coefficient (Wildman–Crippen LogP) is 0.710. The van der Waals surface area contributed by atoms with Crippen molar-refractivity contribution in [1.82, 2.24) is 45.8 Å². The second kappa shape index (κ2) is 33.2. The van der Waals surface area contributed by atoms with Gasteiger partial charge in [-0.25, -0.2) is 14.4 Å². The summed E-state index contributed by atoms with van der Waals surface area (Å²) < 4.78 is 0.851. The number of carbonyl (C=O) groups is 10. The van der Waals surface area contributed by atoms with Crippen molar-refractivity contribution in [2.24, 2.45) is 0 Å². The van der Waals surface area contributed by atoms with E-state index in [0.29, 0.717) is 30.4 Å². The number of unbranched alkanes of at least 4 members (excludes halogenated alkanes) is 2. The molecule has 0 unspecified atom stereocenters. The van der Waals surface area contributed by atoms with Crippen molar-refractivity contribution in [1.29, 1.82) is 0 Å². The number of amides is 5. The number of carboxylic acids is 6. The molecular formula is C48H68BrN9O16. The molecular weight excluding hydrogens is 1040 g/mol. The summed E-state index contributed by atoms with van der Waals surface area (Å²) in [6, 6.07) is 10.0. The molecule has 408 valence electrons. The quantitative estimate of drug-likeness (QED) is 0.0482. The Labute approximate surface area is 436 Å². The van der Waals surface area contributed by atoms with Gasteiger partial charge in [-0.2, -0.15) is 0 Å².